The molecule has 0 aromatic heterocycles. The maximum Gasteiger partial charge on any atom is 0 e. The second-order valence-electron chi connectivity index (χ2n) is 2.19. The predicted molar refractivity (Wildman–Crippen MR) is 42.4 cm³/mol. The fraction of sp³-hybridized carbons (Fsp3) is 0.875. The van der Waals surface area contributed by atoms with Crippen LogP contribution in [0.1, 0.15) is 26.7 Å². The molecule has 1 aliphatic heterocycles. The van der Waals surface area contributed by atoms with Gasteiger partial charge in [0, 0.05) is 37.7 Å². The summed E-state index contributed by atoms with van der Waals surface area (Å²) < 4.78 is 0. The SMILES string of the molecule is CC.CN1C[CH-]CCC1.[Ho]. The standard InChI is InChI=1S/C6H12N.C2H6.Ho/c1-7-5-3-2-4-6-7;1-2;/h3H,2,4-6H2,1H3;1-2H3;/q-1;;. The van der Waals surface area contributed by atoms with Crippen molar-refractivity contribution in [1.29, 1.82) is 0 Å². The largest absolute Gasteiger partial charge is 0.336 e. The average molecular weight is 293 g/mol. The predicted octanol–water partition coefficient (Wildman–Crippen LogP) is 1.94. The second-order valence-corrected chi connectivity index (χ2v) is 2.19. The molecule has 0 bridgehead atoms. The third kappa shape index (κ3) is 7.33. The van der Waals surface area contributed by atoms with E-state index >= 15 is 0 Å². The van der Waals surface area contributed by atoms with Crippen LogP contribution in [-0.4, -0.2) is 25.0 Å². The summed E-state index contributed by atoms with van der Waals surface area (Å²) in [6.07, 6.45) is 5.02. The normalized spacial score (nSPS) is 18.3. The number of piperidine rings is 1. The zero-order chi connectivity index (χ0) is 7.11. The van der Waals surface area contributed by atoms with Gasteiger partial charge in [0.25, 0.3) is 0 Å². The molecule has 0 spiro atoms. The molecule has 10 heavy (non-hydrogen) atoms. The Kier molecular flexibility index (Phi) is 14.1. The Hall–Kier alpha value is 1.22. The third-order valence-electron chi connectivity index (χ3n) is 1.39. The molecule has 1 saturated heterocycles. The van der Waals surface area contributed by atoms with Crippen molar-refractivity contribution in [3.63, 3.8) is 0 Å². The summed E-state index contributed by atoms with van der Waals surface area (Å²) in [5.41, 5.74) is 0. The molecule has 1 nitrogen and oxygen atoms in total. The maximum atomic E-state index is 2.34. The quantitative estimate of drug-likeness (QED) is 0.487. The van der Waals surface area contributed by atoms with Crippen molar-refractivity contribution in [2.75, 3.05) is 20.1 Å². The monoisotopic (exact) mass is 293 g/mol. The van der Waals surface area contributed by atoms with E-state index in [2.05, 4.69) is 18.4 Å². The van der Waals surface area contributed by atoms with E-state index < -0.39 is 0 Å². The van der Waals surface area contributed by atoms with Crippen molar-refractivity contribution < 1.29 is 37.7 Å². The molecule has 67 valence electrons. The van der Waals surface area contributed by atoms with Gasteiger partial charge in [-0.05, 0) is 13.6 Å². The first-order chi connectivity index (χ1) is 4.39. The fourth-order valence-electron chi connectivity index (χ4n) is 0.909. The molecule has 0 aromatic carbocycles. The van der Waals surface area contributed by atoms with Crippen molar-refractivity contribution >= 4 is 0 Å². The molecule has 1 radical (unpaired) electrons. The number of nitrogens with zero attached hydrogens (tertiary/aromatic N) is 1. The number of likely N-dealkylation sites (tertiary alicyclic amines) is 1. The summed E-state index contributed by atoms with van der Waals surface area (Å²) in [4.78, 5) is 2.34. The molecule has 0 unspecified atom stereocenters. The van der Waals surface area contributed by atoms with Gasteiger partial charge in [-0.2, -0.15) is 6.42 Å². The van der Waals surface area contributed by atoms with Crippen LogP contribution in [0.3, 0.4) is 0 Å². The van der Waals surface area contributed by atoms with Crippen LogP contribution in [-0.2, 0) is 0 Å². The Labute approximate surface area is 95.2 Å². The van der Waals surface area contributed by atoms with Crippen molar-refractivity contribution in [1.82, 2.24) is 4.90 Å². The zero-order valence-electron chi connectivity index (χ0n) is 7.15. The summed E-state index contributed by atoms with van der Waals surface area (Å²) in [5, 5.41) is 0. The van der Waals surface area contributed by atoms with Gasteiger partial charge in [0.15, 0.2) is 0 Å². The molecule has 1 heterocycles. The van der Waals surface area contributed by atoms with E-state index in [1.807, 2.05) is 13.8 Å². The molecule has 0 N–H and O–H groups in total. The Morgan fingerprint density at radius 1 is 1.30 bits per heavy atom. The van der Waals surface area contributed by atoms with Crippen molar-refractivity contribution in [2.45, 2.75) is 26.7 Å². The minimum absolute atomic E-state index is 0. The van der Waals surface area contributed by atoms with Crippen LogP contribution in [0.15, 0.2) is 0 Å². The summed E-state index contributed by atoms with van der Waals surface area (Å²) in [6.45, 7) is 6.48. The van der Waals surface area contributed by atoms with Crippen LogP contribution in [0.2, 0.25) is 0 Å². The van der Waals surface area contributed by atoms with Gasteiger partial charge in [0.2, 0.25) is 0 Å². The van der Waals surface area contributed by atoms with Crippen molar-refractivity contribution in [3.8, 4) is 0 Å². The van der Waals surface area contributed by atoms with Gasteiger partial charge in [0.05, 0.1) is 0 Å². The summed E-state index contributed by atoms with van der Waals surface area (Å²) >= 11 is 0. The van der Waals surface area contributed by atoms with Crippen LogP contribution < -0.4 is 0 Å². The number of hydrogen-bond acceptors (Lipinski definition) is 1. The zero-order valence-corrected chi connectivity index (χ0v) is 9.09. The van der Waals surface area contributed by atoms with E-state index in [4.69, 9.17) is 0 Å². The van der Waals surface area contributed by atoms with E-state index in [0.29, 0.717) is 0 Å². The Morgan fingerprint density at radius 3 is 2.10 bits per heavy atom. The molecule has 1 aliphatic rings. The van der Waals surface area contributed by atoms with E-state index in [0.717, 1.165) is 0 Å². The van der Waals surface area contributed by atoms with Crippen LogP contribution >= 0.6 is 0 Å². The van der Waals surface area contributed by atoms with Crippen LogP contribution in [0.5, 0.6) is 0 Å². The molecule has 0 aliphatic carbocycles. The average Bonchev–Trinajstić information content (AvgIpc) is 1.94. The van der Waals surface area contributed by atoms with E-state index in [1.54, 1.807) is 0 Å². The maximum absolute atomic E-state index is 2.34. The molecule has 1 rings (SSSR count). The second kappa shape index (κ2) is 10.2. The summed E-state index contributed by atoms with van der Waals surface area (Å²) in [7, 11) is 2.16. The Balaban J connectivity index is 0. The van der Waals surface area contributed by atoms with Crippen LogP contribution in [0.25, 0.3) is 0 Å². The van der Waals surface area contributed by atoms with Gasteiger partial charge in [-0.25, -0.2) is 0 Å². The molecular weight excluding hydrogens is 275 g/mol. The Morgan fingerprint density at radius 2 is 1.90 bits per heavy atom. The number of hydrogen-bond donors (Lipinski definition) is 0. The van der Waals surface area contributed by atoms with Gasteiger partial charge in [-0.15, -0.1) is 6.54 Å². The molecule has 2 heteroatoms. The minimum Gasteiger partial charge on any atom is -0.336 e. The van der Waals surface area contributed by atoms with Crippen LogP contribution in [0.4, 0.5) is 0 Å². The Bertz CT molecular complexity index is 51.2. The smallest absolute Gasteiger partial charge is 0 e. The summed E-state index contributed by atoms with van der Waals surface area (Å²) in [6, 6.07) is 0. The van der Waals surface area contributed by atoms with Gasteiger partial charge in [0.1, 0.15) is 0 Å². The van der Waals surface area contributed by atoms with Crippen LogP contribution in [0, 0.1) is 44.2 Å². The molecule has 1 fully saturated rings. The van der Waals surface area contributed by atoms with Gasteiger partial charge in [-0.3, -0.25) is 0 Å². The van der Waals surface area contributed by atoms with Gasteiger partial charge >= 0.3 is 0 Å². The minimum atomic E-state index is 0. The van der Waals surface area contributed by atoms with E-state index in [1.165, 1.54) is 25.9 Å². The molecule has 0 saturated carbocycles. The van der Waals surface area contributed by atoms with Gasteiger partial charge in [-0.1, -0.05) is 20.3 Å². The first-order valence-corrected chi connectivity index (χ1v) is 3.90. The summed E-state index contributed by atoms with van der Waals surface area (Å²) in [5.74, 6) is 0. The third-order valence-corrected chi connectivity index (χ3v) is 1.39. The van der Waals surface area contributed by atoms with Crippen molar-refractivity contribution in [2.24, 2.45) is 0 Å². The van der Waals surface area contributed by atoms with Gasteiger partial charge < -0.3 is 11.3 Å². The molecule has 0 atom stereocenters. The molecule has 0 aromatic rings. The molecule has 0 amide bonds. The topological polar surface area (TPSA) is 3.24 Å². The van der Waals surface area contributed by atoms with E-state index in [-0.39, 0.29) is 37.7 Å². The molecular formula is C8H18HoN-. The van der Waals surface area contributed by atoms with Crippen molar-refractivity contribution in [3.05, 3.63) is 6.42 Å². The first kappa shape index (κ1) is 13.8. The number of rotatable bonds is 0. The first-order valence-electron chi connectivity index (χ1n) is 3.90. The van der Waals surface area contributed by atoms with E-state index in [9.17, 15) is 0 Å². The fourth-order valence-corrected chi connectivity index (χ4v) is 0.909.